The number of carbonyl (C=O) groups is 2. The van der Waals surface area contributed by atoms with Gasteiger partial charge < -0.3 is 10.6 Å². The van der Waals surface area contributed by atoms with E-state index in [-0.39, 0.29) is 23.6 Å². The summed E-state index contributed by atoms with van der Waals surface area (Å²) in [4.78, 5) is 28.9. The number of para-hydroxylation sites is 1. The van der Waals surface area contributed by atoms with Gasteiger partial charge >= 0.3 is 0 Å². The first kappa shape index (κ1) is 17.1. The van der Waals surface area contributed by atoms with Crippen LogP contribution in [0.2, 0.25) is 0 Å². The highest BCUT2D eigenvalue weighted by Crippen LogP contribution is 2.18. The molecule has 1 aromatic heterocycles. The summed E-state index contributed by atoms with van der Waals surface area (Å²) in [6.07, 6.45) is 8.35. The van der Waals surface area contributed by atoms with Crippen LogP contribution < -0.4 is 10.6 Å². The Morgan fingerprint density at radius 1 is 0.920 bits per heavy atom. The van der Waals surface area contributed by atoms with E-state index >= 15 is 0 Å². The summed E-state index contributed by atoms with van der Waals surface area (Å²) in [6.45, 7) is 0. The van der Waals surface area contributed by atoms with Gasteiger partial charge in [0.1, 0.15) is 5.69 Å². The van der Waals surface area contributed by atoms with E-state index in [0.717, 1.165) is 25.7 Å². The lowest BCUT2D eigenvalue weighted by Gasteiger charge is -2.16. The minimum atomic E-state index is -0.324. The van der Waals surface area contributed by atoms with Crippen molar-refractivity contribution in [3.05, 3.63) is 59.9 Å². The van der Waals surface area contributed by atoms with Crippen molar-refractivity contribution in [3.63, 3.8) is 0 Å². The SMILES string of the molecule is O=C(NC1CCCCCC1)c1ccnc(C(=O)Nc2ccccc2)c1. The summed E-state index contributed by atoms with van der Waals surface area (Å²) in [7, 11) is 0. The summed E-state index contributed by atoms with van der Waals surface area (Å²) >= 11 is 0. The number of benzene rings is 1. The maximum absolute atomic E-state index is 12.5. The third-order valence-electron chi connectivity index (χ3n) is 4.48. The van der Waals surface area contributed by atoms with Crippen molar-refractivity contribution in [2.24, 2.45) is 0 Å². The molecule has 130 valence electrons. The van der Waals surface area contributed by atoms with Crippen LogP contribution >= 0.6 is 0 Å². The molecule has 0 aliphatic heterocycles. The Bertz CT molecular complexity index is 723. The predicted molar refractivity (Wildman–Crippen MR) is 97.6 cm³/mol. The first-order chi connectivity index (χ1) is 12.2. The molecule has 5 heteroatoms. The molecule has 1 aliphatic rings. The molecule has 0 spiro atoms. The van der Waals surface area contributed by atoms with Crippen molar-refractivity contribution in [3.8, 4) is 0 Å². The first-order valence-electron chi connectivity index (χ1n) is 8.86. The van der Waals surface area contributed by atoms with Crippen molar-refractivity contribution in [2.75, 3.05) is 5.32 Å². The van der Waals surface area contributed by atoms with Crippen LogP contribution in [0.4, 0.5) is 5.69 Å². The molecule has 2 N–H and O–H groups in total. The van der Waals surface area contributed by atoms with Gasteiger partial charge in [-0.1, -0.05) is 43.9 Å². The molecule has 2 aromatic rings. The minimum Gasteiger partial charge on any atom is -0.349 e. The van der Waals surface area contributed by atoms with Gasteiger partial charge in [-0.3, -0.25) is 14.6 Å². The van der Waals surface area contributed by atoms with Crippen LogP contribution in [-0.2, 0) is 0 Å². The van der Waals surface area contributed by atoms with Crippen molar-refractivity contribution in [2.45, 2.75) is 44.6 Å². The fourth-order valence-electron chi connectivity index (χ4n) is 3.11. The Balaban J connectivity index is 1.65. The zero-order chi connectivity index (χ0) is 17.5. The van der Waals surface area contributed by atoms with Gasteiger partial charge in [0, 0.05) is 23.5 Å². The van der Waals surface area contributed by atoms with Crippen LogP contribution in [0.25, 0.3) is 0 Å². The van der Waals surface area contributed by atoms with E-state index < -0.39 is 0 Å². The number of carbonyl (C=O) groups excluding carboxylic acids is 2. The number of nitrogens with one attached hydrogen (secondary N) is 2. The molecule has 1 saturated carbocycles. The lowest BCUT2D eigenvalue weighted by molar-refractivity contribution is 0.0933. The molecule has 3 rings (SSSR count). The number of anilines is 1. The molecule has 0 saturated heterocycles. The number of hydrogen-bond acceptors (Lipinski definition) is 3. The third kappa shape index (κ3) is 4.89. The Kier molecular flexibility index (Phi) is 5.77. The highest BCUT2D eigenvalue weighted by Gasteiger charge is 2.17. The molecule has 1 aromatic carbocycles. The van der Waals surface area contributed by atoms with E-state index in [9.17, 15) is 9.59 Å². The summed E-state index contributed by atoms with van der Waals surface area (Å²) in [5, 5.41) is 5.87. The Morgan fingerprint density at radius 3 is 2.36 bits per heavy atom. The number of hydrogen-bond donors (Lipinski definition) is 2. The second-order valence-corrected chi connectivity index (χ2v) is 6.41. The smallest absolute Gasteiger partial charge is 0.274 e. The van der Waals surface area contributed by atoms with Gasteiger partial charge in [-0.05, 0) is 37.1 Å². The van der Waals surface area contributed by atoms with Gasteiger partial charge in [0.2, 0.25) is 0 Å². The van der Waals surface area contributed by atoms with Gasteiger partial charge in [-0.25, -0.2) is 0 Å². The fourth-order valence-corrected chi connectivity index (χ4v) is 3.11. The van der Waals surface area contributed by atoms with Crippen LogP contribution in [0, 0.1) is 0 Å². The summed E-state index contributed by atoms with van der Waals surface area (Å²) in [6, 6.07) is 12.6. The normalized spacial score (nSPS) is 15.2. The minimum absolute atomic E-state index is 0.136. The van der Waals surface area contributed by atoms with Crippen LogP contribution in [0.3, 0.4) is 0 Å². The molecule has 25 heavy (non-hydrogen) atoms. The standard InChI is InChI=1S/C20H23N3O2/c24-19(22-16-8-4-1-2-5-9-16)15-12-13-21-18(14-15)20(25)23-17-10-6-3-7-11-17/h3,6-7,10-14,16H,1-2,4-5,8-9H2,(H,22,24)(H,23,25). The van der Waals surface area contributed by atoms with Crippen LogP contribution in [0.1, 0.15) is 59.4 Å². The maximum atomic E-state index is 12.5. The number of aromatic nitrogens is 1. The van der Waals surface area contributed by atoms with Crippen molar-refractivity contribution < 1.29 is 9.59 Å². The molecule has 1 heterocycles. The highest BCUT2D eigenvalue weighted by molar-refractivity contribution is 6.04. The van der Waals surface area contributed by atoms with Crippen LogP contribution in [0.15, 0.2) is 48.7 Å². The van der Waals surface area contributed by atoms with Crippen molar-refractivity contribution in [1.29, 1.82) is 0 Å². The van der Waals surface area contributed by atoms with Crippen LogP contribution in [0.5, 0.6) is 0 Å². The molecule has 0 unspecified atom stereocenters. The van der Waals surface area contributed by atoms with E-state index in [0.29, 0.717) is 11.3 Å². The summed E-state index contributed by atoms with van der Waals surface area (Å²) in [5.74, 6) is -0.460. The predicted octanol–water partition coefficient (Wildman–Crippen LogP) is 3.79. The number of nitrogens with zero attached hydrogens (tertiary/aromatic N) is 1. The van der Waals surface area contributed by atoms with E-state index in [1.165, 1.54) is 19.0 Å². The van der Waals surface area contributed by atoms with Gasteiger partial charge in [-0.15, -0.1) is 0 Å². The Labute approximate surface area is 147 Å². The Morgan fingerprint density at radius 2 is 1.64 bits per heavy atom. The lowest BCUT2D eigenvalue weighted by Crippen LogP contribution is -2.34. The fraction of sp³-hybridized carbons (Fsp3) is 0.350. The van der Waals surface area contributed by atoms with Crippen molar-refractivity contribution >= 4 is 17.5 Å². The zero-order valence-corrected chi connectivity index (χ0v) is 14.2. The molecule has 0 radical (unpaired) electrons. The second kappa shape index (κ2) is 8.42. The molecular formula is C20H23N3O2. The number of pyridine rings is 1. The zero-order valence-electron chi connectivity index (χ0n) is 14.2. The van der Waals surface area contributed by atoms with Crippen LogP contribution in [-0.4, -0.2) is 22.8 Å². The largest absolute Gasteiger partial charge is 0.349 e. The topological polar surface area (TPSA) is 71.1 Å². The molecule has 0 bridgehead atoms. The molecule has 2 amide bonds. The average molecular weight is 337 g/mol. The summed E-state index contributed by atoms with van der Waals surface area (Å²) < 4.78 is 0. The molecule has 1 aliphatic carbocycles. The third-order valence-corrected chi connectivity index (χ3v) is 4.48. The molecule has 5 nitrogen and oxygen atoms in total. The summed E-state index contributed by atoms with van der Waals surface area (Å²) in [5.41, 5.74) is 1.40. The quantitative estimate of drug-likeness (QED) is 0.834. The Hall–Kier alpha value is -2.69. The van der Waals surface area contributed by atoms with E-state index in [4.69, 9.17) is 0 Å². The number of rotatable bonds is 4. The second-order valence-electron chi connectivity index (χ2n) is 6.41. The van der Waals surface area contributed by atoms with Gasteiger partial charge in [0.15, 0.2) is 0 Å². The number of amides is 2. The highest BCUT2D eigenvalue weighted by atomic mass is 16.2. The molecule has 1 fully saturated rings. The van der Waals surface area contributed by atoms with Gasteiger partial charge in [0.05, 0.1) is 0 Å². The van der Waals surface area contributed by atoms with Gasteiger partial charge in [0.25, 0.3) is 11.8 Å². The van der Waals surface area contributed by atoms with Crippen molar-refractivity contribution in [1.82, 2.24) is 10.3 Å². The monoisotopic (exact) mass is 337 g/mol. The van der Waals surface area contributed by atoms with Gasteiger partial charge in [-0.2, -0.15) is 0 Å². The first-order valence-corrected chi connectivity index (χ1v) is 8.86. The van der Waals surface area contributed by atoms with E-state index in [1.807, 2.05) is 18.2 Å². The van der Waals surface area contributed by atoms with E-state index in [2.05, 4.69) is 15.6 Å². The molecular weight excluding hydrogens is 314 g/mol. The lowest BCUT2D eigenvalue weighted by atomic mass is 10.1. The maximum Gasteiger partial charge on any atom is 0.274 e. The average Bonchev–Trinajstić information content (AvgIpc) is 2.91. The van der Waals surface area contributed by atoms with E-state index in [1.54, 1.807) is 24.3 Å². The molecule has 0 atom stereocenters.